The Morgan fingerprint density at radius 3 is 2.84 bits per heavy atom. The topological polar surface area (TPSA) is 83.1 Å². The van der Waals surface area contributed by atoms with E-state index in [4.69, 9.17) is 0 Å². The molecule has 6 nitrogen and oxygen atoms in total. The zero-order valence-electron chi connectivity index (χ0n) is 14.0. The standard InChI is InChI=1S/C18H22N4O2S/c23-17(14-4-8-19-9-5-14)22-15-6-11-25-16(15)18(24)21-10-3-13-2-1-7-20-12-13/h4-6,8-9,11,13,20H,1-3,7,10,12H2,(H,21,24)(H,22,23). The van der Waals surface area contributed by atoms with E-state index in [1.807, 2.05) is 5.38 Å². The Hall–Kier alpha value is -2.25. The van der Waals surface area contributed by atoms with Crippen molar-refractivity contribution in [3.05, 3.63) is 46.4 Å². The Kier molecular flexibility index (Phi) is 6.14. The second-order valence-corrected chi connectivity index (χ2v) is 7.03. The summed E-state index contributed by atoms with van der Waals surface area (Å²) < 4.78 is 0. The van der Waals surface area contributed by atoms with Crippen LogP contribution in [0.5, 0.6) is 0 Å². The Bertz CT molecular complexity index is 711. The molecule has 25 heavy (non-hydrogen) atoms. The van der Waals surface area contributed by atoms with Crippen molar-refractivity contribution in [2.24, 2.45) is 5.92 Å². The van der Waals surface area contributed by atoms with Gasteiger partial charge in [0.2, 0.25) is 0 Å². The highest BCUT2D eigenvalue weighted by molar-refractivity contribution is 7.12. The molecule has 0 aromatic carbocycles. The molecule has 3 rings (SSSR count). The van der Waals surface area contributed by atoms with E-state index in [2.05, 4.69) is 20.9 Å². The maximum Gasteiger partial charge on any atom is 0.263 e. The number of nitrogens with zero attached hydrogens (tertiary/aromatic N) is 1. The summed E-state index contributed by atoms with van der Waals surface area (Å²) in [6.07, 6.45) is 6.53. The maximum absolute atomic E-state index is 12.4. The summed E-state index contributed by atoms with van der Waals surface area (Å²) in [5.74, 6) is 0.246. The van der Waals surface area contributed by atoms with Crippen LogP contribution in [0.3, 0.4) is 0 Å². The number of carbonyl (C=O) groups is 2. The van der Waals surface area contributed by atoms with Crippen molar-refractivity contribution in [3.8, 4) is 0 Å². The van der Waals surface area contributed by atoms with Crippen molar-refractivity contribution < 1.29 is 9.59 Å². The van der Waals surface area contributed by atoms with Crippen LogP contribution in [0.4, 0.5) is 5.69 Å². The number of nitrogens with one attached hydrogen (secondary N) is 3. The molecular weight excluding hydrogens is 336 g/mol. The van der Waals surface area contributed by atoms with Crippen LogP contribution in [0.1, 0.15) is 39.3 Å². The van der Waals surface area contributed by atoms with E-state index in [-0.39, 0.29) is 11.8 Å². The lowest BCUT2D eigenvalue weighted by atomic mass is 9.96. The number of amides is 2. The molecule has 1 fully saturated rings. The minimum absolute atomic E-state index is 0.135. The molecule has 0 saturated carbocycles. The first-order valence-electron chi connectivity index (χ1n) is 8.52. The van der Waals surface area contributed by atoms with E-state index >= 15 is 0 Å². The van der Waals surface area contributed by atoms with Gasteiger partial charge in [-0.05, 0) is 61.8 Å². The molecule has 1 aliphatic heterocycles. The molecule has 3 heterocycles. The third-order valence-corrected chi connectivity index (χ3v) is 5.21. The lowest BCUT2D eigenvalue weighted by molar-refractivity contribution is 0.0955. The highest BCUT2D eigenvalue weighted by Gasteiger charge is 2.17. The van der Waals surface area contributed by atoms with Gasteiger partial charge in [0, 0.05) is 24.5 Å². The first-order chi connectivity index (χ1) is 12.2. The van der Waals surface area contributed by atoms with Gasteiger partial charge in [-0.15, -0.1) is 11.3 Å². The first-order valence-corrected chi connectivity index (χ1v) is 9.40. The number of piperidine rings is 1. The second-order valence-electron chi connectivity index (χ2n) is 6.11. The van der Waals surface area contributed by atoms with E-state index in [9.17, 15) is 9.59 Å². The van der Waals surface area contributed by atoms with E-state index in [1.165, 1.54) is 24.2 Å². The summed E-state index contributed by atoms with van der Waals surface area (Å²) in [7, 11) is 0. The average Bonchev–Trinajstić information content (AvgIpc) is 3.11. The van der Waals surface area contributed by atoms with Gasteiger partial charge in [0.15, 0.2) is 0 Å². The number of thiophene rings is 1. The third kappa shape index (κ3) is 4.87. The van der Waals surface area contributed by atoms with E-state index in [1.54, 1.807) is 30.6 Å². The van der Waals surface area contributed by atoms with E-state index in [0.29, 0.717) is 28.6 Å². The van der Waals surface area contributed by atoms with Gasteiger partial charge in [-0.25, -0.2) is 0 Å². The number of hydrogen-bond acceptors (Lipinski definition) is 5. The summed E-state index contributed by atoms with van der Waals surface area (Å²) in [4.78, 5) is 29.1. The Morgan fingerprint density at radius 1 is 1.24 bits per heavy atom. The number of carbonyl (C=O) groups excluding carboxylic acids is 2. The van der Waals surface area contributed by atoms with Crippen molar-refractivity contribution in [3.63, 3.8) is 0 Å². The summed E-state index contributed by atoms with van der Waals surface area (Å²) in [5.41, 5.74) is 1.06. The number of hydrogen-bond donors (Lipinski definition) is 3. The molecule has 0 spiro atoms. The molecule has 0 bridgehead atoms. The lowest BCUT2D eigenvalue weighted by Gasteiger charge is -2.22. The largest absolute Gasteiger partial charge is 0.351 e. The zero-order chi connectivity index (χ0) is 17.5. The molecule has 7 heteroatoms. The van der Waals surface area contributed by atoms with Gasteiger partial charge in [-0.1, -0.05) is 0 Å². The van der Waals surface area contributed by atoms with Crippen LogP contribution in [0.2, 0.25) is 0 Å². The second kappa shape index (κ2) is 8.73. The van der Waals surface area contributed by atoms with Gasteiger partial charge >= 0.3 is 0 Å². The molecule has 0 aliphatic carbocycles. The zero-order valence-corrected chi connectivity index (χ0v) is 14.8. The fraction of sp³-hybridized carbons (Fsp3) is 0.389. The Balaban J connectivity index is 1.53. The predicted molar refractivity (Wildman–Crippen MR) is 99.1 cm³/mol. The molecule has 1 saturated heterocycles. The van der Waals surface area contributed by atoms with E-state index < -0.39 is 0 Å². The van der Waals surface area contributed by atoms with Crippen LogP contribution < -0.4 is 16.0 Å². The third-order valence-electron chi connectivity index (χ3n) is 4.30. The average molecular weight is 358 g/mol. The highest BCUT2D eigenvalue weighted by atomic mass is 32.1. The normalized spacial score (nSPS) is 17.0. The Morgan fingerprint density at radius 2 is 2.08 bits per heavy atom. The van der Waals surface area contributed by atoms with Gasteiger partial charge in [-0.2, -0.15) is 0 Å². The van der Waals surface area contributed by atoms with Crippen molar-refractivity contribution >= 4 is 28.8 Å². The van der Waals surface area contributed by atoms with Crippen molar-refractivity contribution in [2.45, 2.75) is 19.3 Å². The molecule has 132 valence electrons. The number of pyridine rings is 1. The summed E-state index contributed by atoms with van der Waals surface area (Å²) in [6, 6.07) is 5.03. The summed E-state index contributed by atoms with van der Waals surface area (Å²) in [5, 5.41) is 11.0. The molecule has 0 radical (unpaired) electrons. The van der Waals surface area contributed by atoms with Crippen molar-refractivity contribution in [2.75, 3.05) is 25.0 Å². The molecule has 2 amide bonds. The van der Waals surface area contributed by atoms with Gasteiger partial charge in [-0.3, -0.25) is 14.6 Å². The smallest absolute Gasteiger partial charge is 0.263 e. The number of aromatic nitrogens is 1. The Labute approximate surface area is 151 Å². The van der Waals surface area contributed by atoms with E-state index in [0.717, 1.165) is 19.5 Å². The quantitative estimate of drug-likeness (QED) is 0.741. The molecule has 1 aliphatic rings. The van der Waals surface area contributed by atoms with Gasteiger partial charge in [0.25, 0.3) is 11.8 Å². The number of anilines is 1. The van der Waals surface area contributed by atoms with Gasteiger partial charge < -0.3 is 16.0 Å². The fourth-order valence-electron chi connectivity index (χ4n) is 2.92. The first kappa shape index (κ1) is 17.6. The highest BCUT2D eigenvalue weighted by Crippen LogP contribution is 2.23. The minimum atomic E-state index is -0.247. The molecule has 2 aromatic rings. The van der Waals surface area contributed by atoms with Crippen LogP contribution in [0.15, 0.2) is 36.0 Å². The van der Waals surface area contributed by atoms with Crippen molar-refractivity contribution in [1.82, 2.24) is 15.6 Å². The van der Waals surface area contributed by atoms with Gasteiger partial charge in [0.1, 0.15) is 4.88 Å². The lowest BCUT2D eigenvalue weighted by Crippen LogP contribution is -2.33. The van der Waals surface area contributed by atoms with Crippen LogP contribution in [0, 0.1) is 5.92 Å². The summed E-state index contributed by atoms with van der Waals surface area (Å²) in [6.45, 7) is 2.78. The van der Waals surface area contributed by atoms with Crippen LogP contribution in [-0.4, -0.2) is 36.4 Å². The molecule has 1 atom stereocenters. The minimum Gasteiger partial charge on any atom is -0.351 e. The maximum atomic E-state index is 12.4. The molecule has 3 N–H and O–H groups in total. The molecular formula is C18H22N4O2S. The van der Waals surface area contributed by atoms with Crippen LogP contribution >= 0.6 is 11.3 Å². The molecule has 1 unspecified atom stereocenters. The number of rotatable bonds is 6. The SMILES string of the molecule is O=C(Nc1ccsc1C(=O)NCCC1CCCNC1)c1ccncc1. The van der Waals surface area contributed by atoms with Crippen molar-refractivity contribution in [1.29, 1.82) is 0 Å². The predicted octanol–water partition coefficient (Wildman–Crippen LogP) is 2.51. The van der Waals surface area contributed by atoms with Crippen LogP contribution in [0.25, 0.3) is 0 Å². The fourth-order valence-corrected chi connectivity index (χ4v) is 3.69. The monoisotopic (exact) mass is 358 g/mol. The molecule has 2 aromatic heterocycles. The van der Waals surface area contributed by atoms with Crippen LogP contribution in [-0.2, 0) is 0 Å². The summed E-state index contributed by atoms with van der Waals surface area (Å²) >= 11 is 1.33. The van der Waals surface area contributed by atoms with Gasteiger partial charge in [0.05, 0.1) is 5.69 Å².